The first-order valence-corrected chi connectivity index (χ1v) is 6.71. The number of thiocarbonyl (C=S) groups is 1. The molecule has 0 spiro atoms. The molecule has 1 aliphatic heterocycles. The minimum atomic E-state index is -0.208. The van der Waals surface area contributed by atoms with Gasteiger partial charge in [-0.25, -0.2) is 0 Å². The normalized spacial score (nSPS) is 27.6. The van der Waals surface area contributed by atoms with Gasteiger partial charge in [-0.2, -0.15) is 0 Å². The van der Waals surface area contributed by atoms with E-state index >= 15 is 0 Å². The fourth-order valence-corrected chi connectivity index (χ4v) is 2.89. The van der Waals surface area contributed by atoms with Crippen LogP contribution in [0.4, 0.5) is 0 Å². The van der Waals surface area contributed by atoms with Crippen LogP contribution >= 0.6 is 12.2 Å². The van der Waals surface area contributed by atoms with E-state index in [9.17, 15) is 5.11 Å². The first kappa shape index (κ1) is 14.8. The van der Waals surface area contributed by atoms with E-state index in [1.165, 1.54) is 0 Å². The van der Waals surface area contributed by atoms with Gasteiger partial charge >= 0.3 is 0 Å². The molecule has 0 aromatic rings. The molecule has 0 saturated carbocycles. The zero-order valence-corrected chi connectivity index (χ0v) is 11.9. The Morgan fingerprint density at radius 3 is 2.71 bits per heavy atom. The average molecular weight is 259 g/mol. The highest BCUT2D eigenvalue weighted by molar-refractivity contribution is 7.80. The van der Waals surface area contributed by atoms with Crippen molar-refractivity contribution < 1.29 is 5.11 Å². The summed E-state index contributed by atoms with van der Waals surface area (Å²) in [6, 6.07) is 0.786. The number of aliphatic hydroxyl groups is 1. The number of nitrogens with zero attached hydrogens (tertiary/aromatic N) is 2. The number of hydrogen-bond donors (Lipinski definition) is 2. The lowest BCUT2D eigenvalue weighted by Gasteiger charge is -2.33. The molecule has 100 valence electrons. The van der Waals surface area contributed by atoms with Gasteiger partial charge in [0, 0.05) is 31.6 Å². The highest BCUT2D eigenvalue weighted by atomic mass is 32.1. The summed E-state index contributed by atoms with van der Waals surface area (Å²) in [6.45, 7) is 3.88. The summed E-state index contributed by atoms with van der Waals surface area (Å²) < 4.78 is 0. The fraction of sp³-hybridized carbons (Fsp3) is 0.917. The van der Waals surface area contributed by atoms with Gasteiger partial charge in [0.05, 0.1) is 11.1 Å². The molecule has 1 fully saturated rings. The maximum atomic E-state index is 9.84. The van der Waals surface area contributed by atoms with E-state index in [1.807, 2.05) is 0 Å². The lowest BCUT2D eigenvalue weighted by atomic mass is 10.1. The zero-order valence-electron chi connectivity index (χ0n) is 11.1. The van der Waals surface area contributed by atoms with Crippen LogP contribution in [-0.4, -0.2) is 65.3 Å². The molecule has 1 saturated heterocycles. The molecule has 1 rings (SSSR count). The van der Waals surface area contributed by atoms with Crippen molar-refractivity contribution in [2.24, 2.45) is 5.73 Å². The molecule has 0 radical (unpaired) electrons. The van der Waals surface area contributed by atoms with Gasteiger partial charge in [0.15, 0.2) is 0 Å². The molecule has 0 aromatic carbocycles. The number of likely N-dealkylation sites (N-methyl/N-ethyl adjacent to an activating group) is 1. The number of nitrogens with two attached hydrogens (primary N) is 1. The number of β-amino-alcohol motifs (C(OH)–C–C–N with tert-alkyl or cyclic N) is 1. The number of likely N-dealkylation sites (tertiary alicyclic amines) is 1. The van der Waals surface area contributed by atoms with Crippen LogP contribution in [-0.2, 0) is 0 Å². The van der Waals surface area contributed by atoms with Crippen molar-refractivity contribution in [3.05, 3.63) is 0 Å². The third-order valence-corrected chi connectivity index (χ3v) is 3.55. The molecular formula is C12H25N3OS. The smallest absolute Gasteiger partial charge is 0.0743 e. The summed E-state index contributed by atoms with van der Waals surface area (Å²) in [6.07, 6.45) is 2.42. The van der Waals surface area contributed by atoms with E-state index in [0.29, 0.717) is 17.1 Å². The van der Waals surface area contributed by atoms with Crippen molar-refractivity contribution in [1.29, 1.82) is 0 Å². The van der Waals surface area contributed by atoms with Crippen LogP contribution in [0.25, 0.3) is 0 Å². The number of aliphatic hydroxyl groups excluding tert-OH is 1. The Kier molecular flexibility index (Phi) is 5.79. The number of rotatable bonds is 6. The highest BCUT2D eigenvalue weighted by Gasteiger charge is 2.35. The van der Waals surface area contributed by atoms with Gasteiger partial charge in [-0.05, 0) is 26.9 Å². The topological polar surface area (TPSA) is 52.7 Å². The Bertz CT molecular complexity index is 260. The Morgan fingerprint density at radius 1 is 1.59 bits per heavy atom. The Hall–Kier alpha value is -0.230. The van der Waals surface area contributed by atoms with Crippen LogP contribution in [0.1, 0.15) is 26.2 Å². The van der Waals surface area contributed by atoms with Gasteiger partial charge in [0.2, 0.25) is 0 Å². The second-order valence-corrected chi connectivity index (χ2v) is 5.76. The van der Waals surface area contributed by atoms with E-state index in [4.69, 9.17) is 18.0 Å². The molecule has 1 heterocycles. The SMILES string of the molecule is CCC(CC(N)=S)N1CC(O)CC1CN(C)C. The largest absolute Gasteiger partial charge is 0.393 e. The molecule has 5 heteroatoms. The third kappa shape index (κ3) is 4.50. The lowest BCUT2D eigenvalue weighted by molar-refractivity contribution is 0.136. The number of hydrogen-bond acceptors (Lipinski definition) is 4. The van der Waals surface area contributed by atoms with Crippen molar-refractivity contribution in [3.8, 4) is 0 Å². The Balaban J connectivity index is 2.66. The second-order valence-electron chi connectivity index (χ2n) is 5.23. The maximum Gasteiger partial charge on any atom is 0.0743 e. The first-order chi connectivity index (χ1) is 7.93. The summed E-state index contributed by atoms with van der Waals surface area (Å²) in [5.41, 5.74) is 5.65. The second kappa shape index (κ2) is 6.64. The van der Waals surface area contributed by atoms with E-state index < -0.39 is 0 Å². The molecule has 0 aromatic heterocycles. The lowest BCUT2D eigenvalue weighted by Crippen LogP contribution is -2.45. The molecule has 0 amide bonds. The van der Waals surface area contributed by atoms with Crippen LogP contribution in [0.5, 0.6) is 0 Å². The maximum absolute atomic E-state index is 9.84. The van der Waals surface area contributed by atoms with Crippen molar-refractivity contribution in [2.45, 2.75) is 44.4 Å². The molecular weight excluding hydrogens is 234 g/mol. The van der Waals surface area contributed by atoms with Gasteiger partial charge in [-0.1, -0.05) is 19.1 Å². The van der Waals surface area contributed by atoms with Crippen LogP contribution in [0.15, 0.2) is 0 Å². The summed E-state index contributed by atoms with van der Waals surface area (Å²) in [5.74, 6) is 0. The minimum Gasteiger partial charge on any atom is -0.393 e. The summed E-state index contributed by atoms with van der Waals surface area (Å²) in [5, 5.41) is 9.84. The monoisotopic (exact) mass is 259 g/mol. The van der Waals surface area contributed by atoms with Crippen molar-refractivity contribution in [1.82, 2.24) is 9.80 Å². The summed E-state index contributed by atoms with van der Waals surface area (Å²) in [7, 11) is 4.13. The highest BCUT2D eigenvalue weighted by Crippen LogP contribution is 2.24. The minimum absolute atomic E-state index is 0.208. The molecule has 1 aliphatic rings. The summed E-state index contributed by atoms with van der Waals surface area (Å²) in [4.78, 5) is 5.12. The average Bonchev–Trinajstić information content (AvgIpc) is 2.54. The van der Waals surface area contributed by atoms with E-state index in [1.54, 1.807) is 0 Å². The van der Waals surface area contributed by atoms with Crippen molar-refractivity contribution in [2.75, 3.05) is 27.2 Å². The first-order valence-electron chi connectivity index (χ1n) is 6.30. The van der Waals surface area contributed by atoms with Gasteiger partial charge < -0.3 is 15.7 Å². The predicted molar refractivity (Wildman–Crippen MR) is 75.2 cm³/mol. The predicted octanol–water partition coefficient (Wildman–Crippen LogP) is 0.438. The molecule has 4 nitrogen and oxygen atoms in total. The van der Waals surface area contributed by atoms with E-state index in [-0.39, 0.29) is 6.10 Å². The van der Waals surface area contributed by atoms with Crippen LogP contribution < -0.4 is 5.73 Å². The molecule has 0 aliphatic carbocycles. The molecule has 3 N–H and O–H groups in total. The summed E-state index contributed by atoms with van der Waals surface area (Å²) >= 11 is 5.01. The molecule has 3 atom stereocenters. The van der Waals surface area contributed by atoms with Crippen LogP contribution in [0.2, 0.25) is 0 Å². The van der Waals surface area contributed by atoms with Crippen LogP contribution in [0, 0.1) is 0 Å². The van der Waals surface area contributed by atoms with Gasteiger partial charge in [0.25, 0.3) is 0 Å². The fourth-order valence-electron chi connectivity index (χ4n) is 2.69. The van der Waals surface area contributed by atoms with E-state index in [0.717, 1.165) is 32.4 Å². The Morgan fingerprint density at radius 2 is 2.24 bits per heavy atom. The van der Waals surface area contributed by atoms with Gasteiger partial charge in [-0.15, -0.1) is 0 Å². The zero-order chi connectivity index (χ0) is 13.0. The van der Waals surface area contributed by atoms with Crippen molar-refractivity contribution >= 4 is 17.2 Å². The van der Waals surface area contributed by atoms with Crippen LogP contribution in [0.3, 0.4) is 0 Å². The van der Waals surface area contributed by atoms with Gasteiger partial charge in [0.1, 0.15) is 0 Å². The van der Waals surface area contributed by atoms with Crippen molar-refractivity contribution in [3.63, 3.8) is 0 Å². The third-order valence-electron chi connectivity index (χ3n) is 3.39. The molecule has 3 unspecified atom stereocenters. The van der Waals surface area contributed by atoms with Gasteiger partial charge in [-0.3, -0.25) is 4.90 Å². The molecule has 0 bridgehead atoms. The van der Waals surface area contributed by atoms with E-state index in [2.05, 4.69) is 30.8 Å². The standard InChI is InChI=1S/C12H25N3OS/c1-4-9(6-12(13)17)15-8-11(16)5-10(15)7-14(2)3/h9-11,16H,4-8H2,1-3H3,(H2,13,17). The Labute approximate surface area is 110 Å². The molecule has 17 heavy (non-hydrogen) atoms. The quantitative estimate of drug-likeness (QED) is 0.678.